The summed E-state index contributed by atoms with van der Waals surface area (Å²) in [6.07, 6.45) is 0. The summed E-state index contributed by atoms with van der Waals surface area (Å²) in [5, 5.41) is 3.32. The molecule has 0 saturated carbocycles. The molecule has 0 bridgehead atoms. The van der Waals surface area contributed by atoms with Crippen molar-refractivity contribution < 1.29 is 13.2 Å². The zero-order valence-electron chi connectivity index (χ0n) is 17.2. The molecule has 0 saturated heterocycles. The van der Waals surface area contributed by atoms with Crippen LogP contribution in [0, 0.1) is 0 Å². The number of benzene rings is 3. The number of carbonyl (C=O) groups is 1. The fourth-order valence-electron chi connectivity index (χ4n) is 3.14. The normalized spacial score (nSPS) is 12.4. The molecule has 0 aliphatic heterocycles. The molecular weight excluding hydrogens is 434 g/mol. The third kappa shape index (κ3) is 6.07. The Balaban J connectivity index is 1.73. The van der Waals surface area contributed by atoms with E-state index in [1.165, 1.54) is 18.2 Å². The quantitative estimate of drug-likeness (QED) is 0.532. The van der Waals surface area contributed by atoms with Gasteiger partial charge in [0.05, 0.1) is 16.6 Å². The predicted molar refractivity (Wildman–Crippen MR) is 124 cm³/mol. The molecule has 0 radical (unpaired) electrons. The van der Waals surface area contributed by atoms with E-state index in [1.807, 2.05) is 49.3 Å². The molecule has 0 aliphatic rings. The first-order valence-electron chi connectivity index (χ1n) is 9.64. The van der Waals surface area contributed by atoms with Gasteiger partial charge in [-0.15, -0.1) is 0 Å². The maximum Gasteiger partial charge on any atom is 0.261 e. The van der Waals surface area contributed by atoms with Gasteiger partial charge >= 0.3 is 0 Å². The molecular formula is C23H24ClN3O3S. The van der Waals surface area contributed by atoms with Crippen molar-refractivity contribution in [2.45, 2.75) is 10.9 Å². The topological polar surface area (TPSA) is 78.5 Å². The number of halogens is 1. The van der Waals surface area contributed by atoms with E-state index in [4.69, 9.17) is 11.6 Å². The third-order valence-electron chi connectivity index (χ3n) is 4.75. The number of hydrogen-bond donors (Lipinski definition) is 2. The molecule has 0 aromatic heterocycles. The second-order valence-electron chi connectivity index (χ2n) is 7.24. The Kier molecular flexibility index (Phi) is 7.33. The van der Waals surface area contributed by atoms with Crippen molar-refractivity contribution in [2.24, 2.45) is 0 Å². The van der Waals surface area contributed by atoms with Crippen LogP contribution in [0.15, 0.2) is 83.8 Å². The fourth-order valence-corrected chi connectivity index (χ4v) is 4.42. The summed E-state index contributed by atoms with van der Waals surface area (Å²) in [7, 11) is 0.0153. The van der Waals surface area contributed by atoms with Gasteiger partial charge in [-0.2, -0.15) is 0 Å². The van der Waals surface area contributed by atoms with Crippen molar-refractivity contribution >= 4 is 33.2 Å². The number of hydrogen-bond acceptors (Lipinski definition) is 4. The van der Waals surface area contributed by atoms with E-state index in [0.29, 0.717) is 17.3 Å². The highest BCUT2D eigenvalue weighted by Gasteiger charge is 2.19. The zero-order valence-corrected chi connectivity index (χ0v) is 18.8. The highest BCUT2D eigenvalue weighted by Crippen LogP contribution is 2.21. The number of carbonyl (C=O) groups excluding carboxylic acids is 1. The van der Waals surface area contributed by atoms with Gasteiger partial charge in [0.25, 0.3) is 15.9 Å². The van der Waals surface area contributed by atoms with Gasteiger partial charge in [0.2, 0.25) is 0 Å². The fraction of sp³-hybridized carbons (Fsp3) is 0.174. The molecule has 3 rings (SSSR count). The molecule has 1 unspecified atom stereocenters. The lowest BCUT2D eigenvalue weighted by Gasteiger charge is -2.25. The van der Waals surface area contributed by atoms with E-state index >= 15 is 0 Å². The first-order chi connectivity index (χ1) is 14.8. The SMILES string of the molecule is CN(C)C(CNC(=O)c1cccc(S(=O)(=O)Nc2cccc(Cl)c2)c1)c1ccccc1. The summed E-state index contributed by atoms with van der Waals surface area (Å²) in [5.41, 5.74) is 1.69. The molecule has 3 aromatic rings. The lowest BCUT2D eigenvalue weighted by Crippen LogP contribution is -2.34. The largest absolute Gasteiger partial charge is 0.350 e. The van der Waals surface area contributed by atoms with Gasteiger partial charge in [0.15, 0.2) is 0 Å². The van der Waals surface area contributed by atoms with Crippen molar-refractivity contribution in [2.75, 3.05) is 25.4 Å². The number of nitrogens with one attached hydrogen (secondary N) is 2. The van der Waals surface area contributed by atoms with Crippen LogP contribution in [0.2, 0.25) is 5.02 Å². The Morgan fingerprint density at radius 1 is 0.968 bits per heavy atom. The Hall–Kier alpha value is -2.87. The van der Waals surface area contributed by atoms with Crippen LogP contribution in [-0.4, -0.2) is 39.9 Å². The molecule has 162 valence electrons. The maximum absolute atomic E-state index is 12.7. The van der Waals surface area contributed by atoms with Crippen molar-refractivity contribution in [3.63, 3.8) is 0 Å². The van der Waals surface area contributed by atoms with Gasteiger partial charge in [-0.3, -0.25) is 9.52 Å². The second-order valence-corrected chi connectivity index (χ2v) is 9.36. The van der Waals surface area contributed by atoms with Gasteiger partial charge in [-0.1, -0.05) is 54.1 Å². The molecule has 2 N–H and O–H groups in total. The summed E-state index contributed by atoms with van der Waals surface area (Å²) in [5.74, 6) is -0.345. The first kappa shape index (κ1) is 22.8. The van der Waals surface area contributed by atoms with Crippen LogP contribution < -0.4 is 10.0 Å². The minimum Gasteiger partial charge on any atom is -0.350 e. The molecule has 0 aliphatic carbocycles. The van der Waals surface area contributed by atoms with Gasteiger partial charge in [0, 0.05) is 17.1 Å². The Morgan fingerprint density at radius 3 is 2.35 bits per heavy atom. The summed E-state index contributed by atoms with van der Waals surface area (Å²) >= 11 is 5.92. The predicted octanol–water partition coefficient (Wildman–Crippen LogP) is 4.17. The molecule has 0 heterocycles. The minimum absolute atomic E-state index is 0.00709. The average Bonchev–Trinajstić information content (AvgIpc) is 2.74. The lowest BCUT2D eigenvalue weighted by atomic mass is 10.1. The van der Waals surface area contributed by atoms with E-state index in [9.17, 15) is 13.2 Å². The summed E-state index contributed by atoms with van der Waals surface area (Å²) in [6.45, 7) is 0.383. The molecule has 31 heavy (non-hydrogen) atoms. The second kappa shape index (κ2) is 9.96. The number of amides is 1. The van der Waals surface area contributed by atoms with Crippen molar-refractivity contribution in [1.29, 1.82) is 0 Å². The van der Waals surface area contributed by atoms with E-state index in [0.717, 1.165) is 5.56 Å². The van der Waals surface area contributed by atoms with Gasteiger partial charge < -0.3 is 10.2 Å². The lowest BCUT2D eigenvalue weighted by molar-refractivity contribution is 0.0941. The number of sulfonamides is 1. The van der Waals surface area contributed by atoms with Crippen LogP contribution in [0.3, 0.4) is 0 Å². The number of nitrogens with zero attached hydrogens (tertiary/aromatic N) is 1. The van der Waals surface area contributed by atoms with Gasteiger partial charge in [-0.05, 0) is 56.1 Å². The highest BCUT2D eigenvalue weighted by atomic mass is 35.5. The summed E-state index contributed by atoms with van der Waals surface area (Å²) in [6, 6.07) is 22.2. The van der Waals surface area contributed by atoms with Crippen molar-refractivity contribution in [1.82, 2.24) is 10.2 Å². The van der Waals surface area contributed by atoms with Crippen LogP contribution >= 0.6 is 11.6 Å². The van der Waals surface area contributed by atoms with E-state index in [1.54, 1.807) is 30.3 Å². The van der Waals surface area contributed by atoms with E-state index < -0.39 is 10.0 Å². The molecule has 1 atom stereocenters. The van der Waals surface area contributed by atoms with Crippen LogP contribution in [0.25, 0.3) is 0 Å². The Labute approximate surface area is 187 Å². The van der Waals surface area contributed by atoms with Gasteiger partial charge in [-0.25, -0.2) is 8.42 Å². The smallest absolute Gasteiger partial charge is 0.261 e. The van der Waals surface area contributed by atoms with E-state index in [-0.39, 0.29) is 22.4 Å². The van der Waals surface area contributed by atoms with Crippen molar-refractivity contribution in [3.05, 3.63) is 95.0 Å². The Bertz CT molecular complexity index is 1150. The number of anilines is 1. The third-order valence-corrected chi connectivity index (χ3v) is 6.36. The van der Waals surface area contributed by atoms with Crippen LogP contribution in [0.4, 0.5) is 5.69 Å². The van der Waals surface area contributed by atoms with E-state index in [2.05, 4.69) is 10.0 Å². The number of rotatable bonds is 8. The molecule has 0 fully saturated rings. The standard InChI is InChI=1S/C23H24ClN3O3S/c1-27(2)22(17-8-4-3-5-9-17)16-25-23(28)18-10-6-13-21(14-18)31(29,30)26-20-12-7-11-19(24)15-20/h3-15,22,26H,16H2,1-2H3,(H,25,28). The van der Waals surface area contributed by atoms with Crippen LogP contribution in [0.1, 0.15) is 22.0 Å². The van der Waals surface area contributed by atoms with Crippen LogP contribution in [-0.2, 0) is 10.0 Å². The van der Waals surface area contributed by atoms with Gasteiger partial charge in [0.1, 0.15) is 0 Å². The monoisotopic (exact) mass is 457 g/mol. The first-order valence-corrected chi connectivity index (χ1v) is 11.5. The zero-order chi connectivity index (χ0) is 22.4. The average molecular weight is 458 g/mol. The maximum atomic E-state index is 12.7. The minimum atomic E-state index is -3.87. The molecule has 1 amide bonds. The summed E-state index contributed by atoms with van der Waals surface area (Å²) in [4.78, 5) is 14.7. The summed E-state index contributed by atoms with van der Waals surface area (Å²) < 4.78 is 27.9. The number of likely N-dealkylation sites (N-methyl/N-ethyl adjacent to an activating group) is 1. The highest BCUT2D eigenvalue weighted by molar-refractivity contribution is 7.92. The molecule has 3 aromatic carbocycles. The van der Waals surface area contributed by atoms with Crippen molar-refractivity contribution in [3.8, 4) is 0 Å². The molecule has 0 spiro atoms. The Morgan fingerprint density at radius 2 is 1.68 bits per heavy atom. The van der Waals surface area contributed by atoms with Crippen LogP contribution in [0.5, 0.6) is 0 Å². The molecule has 6 nitrogen and oxygen atoms in total. The molecule has 8 heteroatoms.